The van der Waals surface area contributed by atoms with E-state index in [0.717, 1.165) is 44.1 Å². The number of carboxylic acid groups (broad SMARTS) is 1. The second-order valence-corrected chi connectivity index (χ2v) is 8.08. The number of aryl methyl sites for hydroxylation is 1. The van der Waals surface area contributed by atoms with Gasteiger partial charge >= 0.3 is 5.97 Å². The van der Waals surface area contributed by atoms with Gasteiger partial charge in [-0.25, -0.2) is 4.79 Å². The van der Waals surface area contributed by atoms with E-state index in [1.54, 1.807) is 23.9 Å². The van der Waals surface area contributed by atoms with Gasteiger partial charge in [0.15, 0.2) is 0 Å². The van der Waals surface area contributed by atoms with Gasteiger partial charge in [0.1, 0.15) is 0 Å². The first-order valence-electron chi connectivity index (χ1n) is 9.53. The zero-order chi connectivity index (χ0) is 19.6. The van der Waals surface area contributed by atoms with Crippen LogP contribution in [0.5, 0.6) is 0 Å². The lowest BCUT2D eigenvalue weighted by molar-refractivity contribution is -0.128. The maximum absolute atomic E-state index is 12.1. The Morgan fingerprint density at radius 2 is 2.04 bits per heavy atom. The van der Waals surface area contributed by atoms with Crippen LogP contribution in [0.25, 0.3) is 0 Å². The Kier molecular flexibility index (Phi) is 8.88. The van der Waals surface area contributed by atoms with Crippen LogP contribution in [0.4, 0.5) is 0 Å². The fourth-order valence-corrected chi connectivity index (χ4v) is 4.47. The number of aromatic carboxylic acids is 1. The minimum Gasteiger partial charge on any atom is -0.478 e. The fraction of sp³-hybridized carbons (Fsp3) is 0.524. The van der Waals surface area contributed by atoms with E-state index in [1.165, 1.54) is 0 Å². The Hall–Kier alpha value is -1.79. The molecule has 1 amide bonds. The maximum Gasteiger partial charge on any atom is 0.335 e. The SMILES string of the molecule is C=CCCCC(O)CCN1C(=O)CSC1CCCc1ccc(C(=O)O)cc1. The first-order chi connectivity index (χ1) is 13.0. The normalized spacial score (nSPS) is 17.9. The highest BCUT2D eigenvalue weighted by molar-refractivity contribution is 8.00. The zero-order valence-electron chi connectivity index (χ0n) is 15.7. The van der Waals surface area contributed by atoms with Crippen LogP contribution in [0, 0.1) is 0 Å². The predicted molar refractivity (Wildman–Crippen MR) is 109 cm³/mol. The number of thioether (sulfide) groups is 1. The quantitative estimate of drug-likeness (QED) is 0.419. The van der Waals surface area contributed by atoms with Crippen molar-refractivity contribution in [3.63, 3.8) is 0 Å². The largest absolute Gasteiger partial charge is 0.478 e. The summed E-state index contributed by atoms with van der Waals surface area (Å²) in [7, 11) is 0. The maximum atomic E-state index is 12.1. The highest BCUT2D eigenvalue weighted by Gasteiger charge is 2.31. The number of hydrogen-bond donors (Lipinski definition) is 2. The van der Waals surface area contributed by atoms with Crippen LogP contribution in [0.15, 0.2) is 36.9 Å². The van der Waals surface area contributed by atoms with Crippen molar-refractivity contribution in [3.05, 3.63) is 48.0 Å². The van der Waals surface area contributed by atoms with Gasteiger partial charge in [-0.15, -0.1) is 18.3 Å². The molecule has 148 valence electrons. The molecule has 2 unspecified atom stereocenters. The Labute approximate surface area is 165 Å². The Bertz CT molecular complexity index is 632. The van der Waals surface area contributed by atoms with Crippen molar-refractivity contribution in [2.75, 3.05) is 12.3 Å². The molecule has 1 aliphatic heterocycles. The third-order valence-corrected chi connectivity index (χ3v) is 6.12. The van der Waals surface area contributed by atoms with E-state index in [9.17, 15) is 14.7 Å². The van der Waals surface area contributed by atoms with Gasteiger partial charge in [-0.3, -0.25) is 4.79 Å². The summed E-state index contributed by atoms with van der Waals surface area (Å²) in [6.45, 7) is 4.30. The van der Waals surface area contributed by atoms with Crippen molar-refractivity contribution >= 4 is 23.6 Å². The molecular formula is C21H29NO4S. The van der Waals surface area contributed by atoms with E-state index in [4.69, 9.17) is 5.11 Å². The summed E-state index contributed by atoms with van der Waals surface area (Å²) in [6.07, 6.45) is 7.41. The number of nitrogens with zero attached hydrogens (tertiary/aromatic N) is 1. The average Bonchev–Trinajstić information content (AvgIpc) is 3.00. The molecule has 1 heterocycles. The minimum absolute atomic E-state index is 0.161. The molecule has 0 spiro atoms. The standard InChI is InChI=1S/C21H29NO4S/c1-2-3-4-7-18(23)13-14-22-19(24)15-27-20(22)8-5-6-16-9-11-17(12-10-16)21(25)26/h2,9-12,18,20,23H,1,3-8,13-15H2,(H,25,26). The number of carbonyl (C=O) groups is 2. The molecule has 1 aromatic rings. The first kappa shape index (κ1) is 21.5. The molecule has 6 heteroatoms. The lowest BCUT2D eigenvalue weighted by Crippen LogP contribution is -2.35. The molecule has 0 aromatic heterocycles. The monoisotopic (exact) mass is 391 g/mol. The van der Waals surface area contributed by atoms with Gasteiger partial charge in [-0.2, -0.15) is 0 Å². The molecule has 2 N–H and O–H groups in total. The molecule has 1 fully saturated rings. The second-order valence-electron chi connectivity index (χ2n) is 6.91. The number of rotatable bonds is 12. The van der Waals surface area contributed by atoms with E-state index in [2.05, 4.69) is 6.58 Å². The summed E-state index contributed by atoms with van der Waals surface area (Å²) < 4.78 is 0. The number of aliphatic hydroxyl groups is 1. The lowest BCUT2D eigenvalue weighted by Gasteiger charge is -2.25. The molecule has 0 bridgehead atoms. The highest BCUT2D eigenvalue weighted by Crippen LogP contribution is 2.29. The van der Waals surface area contributed by atoms with Gasteiger partial charge in [-0.1, -0.05) is 18.2 Å². The summed E-state index contributed by atoms with van der Waals surface area (Å²) in [4.78, 5) is 24.9. The van der Waals surface area contributed by atoms with Gasteiger partial charge in [0.05, 0.1) is 22.8 Å². The van der Waals surface area contributed by atoms with E-state index >= 15 is 0 Å². The van der Waals surface area contributed by atoms with Crippen LogP contribution in [-0.2, 0) is 11.2 Å². The highest BCUT2D eigenvalue weighted by atomic mass is 32.2. The number of amides is 1. The summed E-state index contributed by atoms with van der Waals surface area (Å²) >= 11 is 1.68. The number of aliphatic hydroxyl groups excluding tert-OH is 1. The molecule has 0 aliphatic carbocycles. The Morgan fingerprint density at radius 1 is 1.30 bits per heavy atom. The predicted octanol–water partition coefficient (Wildman–Crippen LogP) is 3.72. The van der Waals surface area contributed by atoms with Crippen molar-refractivity contribution in [3.8, 4) is 0 Å². The number of unbranched alkanes of at least 4 members (excludes halogenated alkanes) is 1. The third kappa shape index (κ3) is 7.03. The van der Waals surface area contributed by atoms with Crippen molar-refractivity contribution in [1.29, 1.82) is 0 Å². The van der Waals surface area contributed by atoms with Crippen molar-refractivity contribution in [2.24, 2.45) is 0 Å². The van der Waals surface area contributed by atoms with Gasteiger partial charge in [0, 0.05) is 6.54 Å². The van der Waals surface area contributed by atoms with Crippen LogP contribution < -0.4 is 0 Å². The van der Waals surface area contributed by atoms with Crippen LogP contribution in [0.1, 0.15) is 54.4 Å². The average molecular weight is 392 g/mol. The van der Waals surface area contributed by atoms with E-state index in [-0.39, 0.29) is 17.4 Å². The van der Waals surface area contributed by atoms with Gasteiger partial charge in [0.2, 0.25) is 5.91 Å². The summed E-state index contributed by atoms with van der Waals surface area (Å²) in [5.41, 5.74) is 1.41. The fourth-order valence-electron chi connectivity index (χ4n) is 3.23. The molecule has 1 aliphatic rings. The molecule has 0 saturated carbocycles. The van der Waals surface area contributed by atoms with Crippen LogP contribution in [0.3, 0.4) is 0 Å². The zero-order valence-corrected chi connectivity index (χ0v) is 16.5. The molecule has 27 heavy (non-hydrogen) atoms. The molecule has 2 rings (SSSR count). The van der Waals surface area contributed by atoms with Gasteiger partial charge in [0.25, 0.3) is 0 Å². The Balaban J connectivity index is 1.74. The first-order valence-corrected chi connectivity index (χ1v) is 10.6. The summed E-state index contributed by atoms with van der Waals surface area (Å²) in [5, 5.41) is 19.2. The summed E-state index contributed by atoms with van der Waals surface area (Å²) in [5.74, 6) is -0.233. The van der Waals surface area contributed by atoms with E-state index < -0.39 is 5.97 Å². The molecule has 1 aromatic carbocycles. The molecule has 1 saturated heterocycles. The number of hydrogen-bond acceptors (Lipinski definition) is 4. The van der Waals surface area contributed by atoms with Gasteiger partial charge in [-0.05, 0) is 62.6 Å². The lowest BCUT2D eigenvalue weighted by atomic mass is 10.1. The number of carbonyl (C=O) groups excluding carboxylic acids is 1. The molecular weight excluding hydrogens is 362 g/mol. The molecule has 0 radical (unpaired) electrons. The molecule has 2 atom stereocenters. The number of carboxylic acids is 1. The van der Waals surface area contributed by atoms with Crippen LogP contribution in [-0.4, -0.2) is 50.8 Å². The number of allylic oxidation sites excluding steroid dienone is 1. The van der Waals surface area contributed by atoms with Gasteiger partial charge < -0.3 is 15.1 Å². The van der Waals surface area contributed by atoms with Crippen LogP contribution in [0.2, 0.25) is 0 Å². The topological polar surface area (TPSA) is 77.8 Å². The van der Waals surface area contributed by atoms with E-state index in [0.29, 0.717) is 24.3 Å². The van der Waals surface area contributed by atoms with Crippen molar-refractivity contribution in [2.45, 2.75) is 56.4 Å². The van der Waals surface area contributed by atoms with E-state index in [1.807, 2.05) is 23.1 Å². The summed E-state index contributed by atoms with van der Waals surface area (Å²) in [6, 6.07) is 6.97. The minimum atomic E-state index is -0.912. The van der Waals surface area contributed by atoms with Crippen molar-refractivity contribution in [1.82, 2.24) is 4.90 Å². The van der Waals surface area contributed by atoms with Crippen molar-refractivity contribution < 1.29 is 19.8 Å². The molecule has 5 nitrogen and oxygen atoms in total. The third-order valence-electron chi connectivity index (χ3n) is 4.83. The second kappa shape index (κ2) is 11.1. The Morgan fingerprint density at radius 3 is 2.70 bits per heavy atom. The number of benzene rings is 1. The smallest absolute Gasteiger partial charge is 0.335 e. The van der Waals surface area contributed by atoms with Crippen LogP contribution >= 0.6 is 11.8 Å².